The van der Waals surface area contributed by atoms with Crippen molar-refractivity contribution in [3.63, 3.8) is 0 Å². The first-order valence-corrected chi connectivity index (χ1v) is 7.97. The first-order valence-electron chi connectivity index (χ1n) is 7.97. The number of nitrogens with two attached hydrogens (primary N) is 1. The average molecular weight is 398 g/mol. The molecular weight excluding hydrogens is 381 g/mol. The number of hydrogen-bond acceptors (Lipinski definition) is 5. The number of pyridine rings is 1. The molecule has 0 aliphatic carbocycles. The maximum absolute atomic E-state index is 13.8. The topological polar surface area (TPSA) is 118 Å². The van der Waals surface area contributed by atoms with Crippen molar-refractivity contribution in [2.75, 3.05) is 17.7 Å². The zero-order valence-electron chi connectivity index (χ0n) is 14.9. The van der Waals surface area contributed by atoms with Crippen molar-refractivity contribution < 1.29 is 32.6 Å². The molecule has 0 aliphatic heterocycles. The molecule has 2 aromatic rings. The van der Waals surface area contributed by atoms with Crippen LogP contribution in [0.15, 0.2) is 24.3 Å². The number of aromatic nitrogens is 1. The van der Waals surface area contributed by atoms with E-state index in [-0.39, 0.29) is 23.6 Å². The SMILES string of the molecule is CCC(NC(=O)O)C(=O)N(c1cc(F)cc(F)c1)c1nc(OC)c(F)cc1N. The Morgan fingerprint density at radius 1 is 1.25 bits per heavy atom. The van der Waals surface area contributed by atoms with Crippen molar-refractivity contribution in [3.05, 3.63) is 41.7 Å². The fraction of sp³-hybridized carbons (Fsp3) is 0.235. The molecule has 1 unspecified atom stereocenters. The molecule has 11 heteroatoms. The number of halogens is 3. The van der Waals surface area contributed by atoms with Crippen molar-refractivity contribution in [3.8, 4) is 5.88 Å². The zero-order chi connectivity index (χ0) is 21.0. The van der Waals surface area contributed by atoms with Crippen LogP contribution in [0.4, 0.5) is 35.2 Å². The summed E-state index contributed by atoms with van der Waals surface area (Å²) in [5.41, 5.74) is 5.11. The summed E-state index contributed by atoms with van der Waals surface area (Å²) in [5, 5.41) is 10.9. The Balaban J connectivity index is 2.69. The van der Waals surface area contributed by atoms with Gasteiger partial charge in [-0.15, -0.1) is 0 Å². The van der Waals surface area contributed by atoms with Crippen molar-refractivity contribution in [1.29, 1.82) is 0 Å². The predicted molar refractivity (Wildman–Crippen MR) is 93.9 cm³/mol. The van der Waals surface area contributed by atoms with Gasteiger partial charge in [-0.05, 0) is 18.6 Å². The van der Waals surface area contributed by atoms with Crippen LogP contribution < -0.4 is 20.7 Å². The maximum Gasteiger partial charge on any atom is 0.405 e. The second-order valence-corrected chi connectivity index (χ2v) is 5.60. The summed E-state index contributed by atoms with van der Waals surface area (Å²) in [5.74, 6) is -4.74. The summed E-state index contributed by atoms with van der Waals surface area (Å²) in [6, 6.07) is 1.77. The van der Waals surface area contributed by atoms with E-state index in [4.69, 9.17) is 15.6 Å². The molecule has 28 heavy (non-hydrogen) atoms. The van der Waals surface area contributed by atoms with Crippen LogP contribution in [0.25, 0.3) is 0 Å². The van der Waals surface area contributed by atoms with E-state index in [9.17, 15) is 22.8 Å². The Labute approximate surface area is 157 Å². The van der Waals surface area contributed by atoms with Gasteiger partial charge < -0.3 is 20.9 Å². The van der Waals surface area contributed by atoms with Crippen LogP contribution >= 0.6 is 0 Å². The lowest BCUT2D eigenvalue weighted by atomic mass is 10.1. The Kier molecular flexibility index (Phi) is 6.29. The number of carboxylic acid groups (broad SMARTS) is 1. The highest BCUT2D eigenvalue weighted by Crippen LogP contribution is 2.33. The molecular formula is C17H17F3N4O4. The van der Waals surface area contributed by atoms with Crippen LogP contribution in [0.3, 0.4) is 0 Å². The van der Waals surface area contributed by atoms with Crippen LogP contribution in [-0.4, -0.2) is 35.2 Å². The minimum atomic E-state index is -1.48. The third-order valence-electron chi connectivity index (χ3n) is 3.69. The number of anilines is 3. The number of benzene rings is 1. The minimum Gasteiger partial charge on any atom is -0.479 e. The summed E-state index contributed by atoms with van der Waals surface area (Å²) in [7, 11) is 1.13. The molecule has 8 nitrogen and oxygen atoms in total. The van der Waals surface area contributed by atoms with Gasteiger partial charge in [0, 0.05) is 12.1 Å². The van der Waals surface area contributed by atoms with Gasteiger partial charge >= 0.3 is 6.09 Å². The quantitative estimate of drug-likeness (QED) is 0.689. The molecule has 1 aromatic heterocycles. The van der Waals surface area contributed by atoms with Crippen molar-refractivity contribution in [1.82, 2.24) is 10.3 Å². The molecule has 150 valence electrons. The van der Waals surface area contributed by atoms with Gasteiger partial charge in [0.1, 0.15) is 17.7 Å². The molecule has 0 bridgehead atoms. The zero-order valence-corrected chi connectivity index (χ0v) is 14.9. The summed E-state index contributed by atoms with van der Waals surface area (Å²) in [6.45, 7) is 1.52. The summed E-state index contributed by atoms with van der Waals surface area (Å²) < 4.78 is 46.1. The van der Waals surface area contributed by atoms with Crippen LogP contribution in [0.2, 0.25) is 0 Å². The highest BCUT2D eigenvalue weighted by Gasteiger charge is 2.30. The molecule has 0 spiro atoms. The van der Waals surface area contributed by atoms with Crippen LogP contribution in [0.1, 0.15) is 13.3 Å². The Hall–Kier alpha value is -3.50. The first kappa shape index (κ1) is 20.8. The van der Waals surface area contributed by atoms with Gasteiger partial charge in [0.25, 0.3) is 11.8 Å². The van der Waals surface area contributed by atoms with Crippen molar-refractivity contribution in [2.45, 2.75) is 19.4 Å². The van der Waals surface area contributed by atoms with Crippen LogP contribution in [0, 0.1) is 17.5 Å². The number of nitrogens with one attached hydrogen (secondary N) is 1. The van der Waals surface area contributed by atoms with Crippen molar-refractivity contribution >= 4 is 29.2 Å². The third kappa shape index (κ3) is 4.42. The fourth-order valence-electron chi connectivity index (χ4n) is 2.46. The molecule has 0 radical (unpaired) electrons. The Morgan fingerprint density at radius 2 is 1.86 bits per heavy atom. The number of hydrogen-bond donors (Lipinski definition) is 3. The van der Waals surface area contributed by atoms with Crippen molar-refractivity contribution in [2.24, 2.45) is 0 Å². The molecule has 0 fully saturated rings. The second kappa shape index (κ2) is 8.46. The molecule has 0 aliphatic rings. The van der Waals surface area contributed by atoms with E-state index in [0.29, 0.717) is 11.0 Å². The van der Waals surface area contributed by atoms with E-state index in [1.165, 1.54) is 6.92 Å². The third-order valence-corrected chi connectivity index (χ3v) is 3.69. The van der Waals surface area contributed by atoms with Gasteiger partial charge in [0.05, 0.1) is 18.5 Å². The molecule has 1 atom stereocenters. The summed E-state index contributed by atoms with van der Waals surface area (Å²) in [6.07, 6.45) is -1.47. The minimum absolute atomic E-state index is 0.0116. The largest absolute Gasteiger partial charge is 0.479 e. The Morgan fingerprint density at radius 3 is 2.36 bits per heavy atom. The first-order chi connectivity index (χ1) is 13.2. The number of nitrogens with zero attached hydrogens (tertiary/aromatic N) is 2. The smallest absolute Gasteiger partial charge is 0.405 e. The lowest BCUT2D eigenvalue weighted by molar-refractivity contribution is -0.119. The summed E-state index contributed by atoms with van der Waals surface area (Å²) in [4.78, 5) is 28.5. The standard InChI is InChI=1S/C17H17F3N4O4/c1-3-13(22-17(26)27)16(25)24(10-5-8(18)4-9(19)6-10)14-12(21)7-11(20)15(23-14)28-2/h4-7,13,22H,3,21H2,1-2H3,(H,26,27). The predicted octanol–water partition coefficient (Wildman–Crippen LogP) is 2.80. The molecule has 1 heterocycles. The van der Waals surface area contributed by atoms with Gasteiger partial charge in [-0.2, -0.15) is 4.98 Å². The van der Waals surface area contributed by atoms with Gasteiger partial charge in [-0.1, -0.05) is 6.92 Å². The fourth-order valence-corrected chi connectivity index (χ4v) is 2.46. The monoisotopic (exact) mass is 398 g/mol. The van der Waals surface area contributed by atoms with Gasteiger partial charge in [0.2, 0.25) is 0 Å². The van der Waals surface area contributed by atoms with E-state index >= 15 is 0 Å². The lowest BCUT2D eigenvalue weighted by Crippen LogP contribution is -2.47. The highest BCUT2D eigenvalue weighted by molar-refractivity contribution is 6.05. The Bertz CT molecular complexity index is 890. The lowest BCUT2D eigenvalue weighted by Gasteiger charge is -2.27. The number of carbonyl (C=O) groups is 2. The molecule has 2 rings (SSSR count). The number of methoxy groups -OCH3 is 1. The molecule has 0 saturated carbocycles. The average Bonchev–Trinajstić information content (AvgIpc) is 2.60. The molecule has 1 aromatic carbocycles. The van der Waals surface area contributed by atoms with E-state index in [0.717, 1.165) is 25.3 Å². The van der Waals surface area contributed by atoms with E-state index in [1.54, 1.807) is 0 Å². The maximum atomic E-state index is 13.8. The van der Waals surface area contributed by atoms with Crippen LogP contribution in [-0.2, 0) is 4.79 Å². The van der Waals surface area contributed by atoms with Gasteiger partial charge in [-0.3, -0.25) is 9.69 Å². The van der Waals surface area contributed by atoms with E-state index < -0.39 is 41.4 Å². The number of carbonyl (C=O) groups excluding carboxylic acids is 1. The van der Waals surface area contributed by atoms with E-state index in [2.05, 4.69) is 4.98 Å². The molecule has 0 saturated heterocycles. The second-order valence-electron chi connectivity index (χ2n) is 5.60. The molecule has 4 N–H and O–H groups in total. The number of ether oxygens (including phenoxy) is 1. The highest BCUT2D eigenvalue weighted by atomic mass is 19.1. The number of nitrogen functional groups attached to an aromatic ring is 1. The number of rotatable bonds is 6. The van der Waals surface area contributed by atoms with Gasteiger partial charge in [-0.25, -0.2) is 18.0 Å². The number of amides is 2. The van der Waals surface area contributed by atoms with Crippen LogP contribution in [0.5, 0.6) is 5.88 Å². The normalized spacial score (nSPS) is 11.6. The van der Waals surface area contributed by atoms with Gasteiger partial charge in [0.15, 0.2) is 11.6 Å². The van der Waals surface area contributed by atoms with E-state index in [1.807, 2.05) is 5.32 Å². The summed E-state index contributed by atoms with van der Waals surface area (Å²) >= 11 is 0. The molecule has 2 amide bonds.